The topological polar surface area (TPSA) is 78.0 Å². The fourth-order valence-electron chi connectivity index (χ4n) is 3.41. The average molecular weight is 420 g/mol. The van der Waals surface area contributed by atoms with Crippen LogP contribution in [0, 0.1) is 5.92 Å². The largest absolute Gasteiger partial charge is 0.331 e. The molecular formula is C16H22ClN3O4S2. The van der Waals surface area contributed by atoms with Crippen LogP contribution in [0.25, 0.3) is 0 Å². The van der Waals surface area contributed by atoms with Crippen molar-refractivity contribution in [1.29, 1.82) is 0 Å². The first-order valence-electron chi connectivity index (χ1n) is 8.54. The van der Waals surface area contributed by atoms with Gasteiger partial charge in [-0.05, 0) is 24.5 Å². The van der Waals surface area contributed by atoms with E-state index in [0.29, 0.717) is 17.3 Å². The highest BCUT2D eigenvalue weighted by molar-refractivity contribution is 7.91. The summed E-state index contributed by atoms with van der Waals surface area (Å²) in [5, 5.41) is 0. The predicted octanol–water partition coefficient (Wildman–Crippen LogP) is 1.49. The van der Waals surface area contributed by atoms with Crippen molar-refractivity contribution in [2.24, 2.45) is 5.92 Å². The molecule has 1 aromatic rings. The molecule has 0 spiro atoms. The summed E-state index contributed by atoms with van der Waals surface area (Å²) in [5.41, 5.74) is 0. The number of sulfonamides is 1. The molecule has 0 saturated carbocycles. The summed E-state index contributed by atoms with van der Waals surface area (Å²) in [6.45, 7) is 5.20. The van der Waals surface area contributed by atoms with Crippen LogP contribution in [0.15, 0.2) is 16.3 Å². The molecular weight excluding hydrogens is 398 g/mol. The van der Waals surface area contributed by atoms with E-state index in [4.69, 9.17) is 11.6 Å². The van der Waals surface area contributed by atoms with Crippen molar-refractivity contribution in [2.75, 3.05) is 32.7 Å². The number of rotatable bonds is 4. The standard InChI is InChI=1S/C16H22ClN3O4S2/c1-11(2)9-18-10-14(21)20-8-7-19(6-5-12(20)16(18)22)26(23,24)15-4-3-13(17)25-15/h3-4,11-12H,5-10H2,1-2H3. The molecule has 144 valence electrons. The molecule has 0 radical (unpaired) electrons. The molecule has 3 rings (SSSR count). The van der Waals surface area contributed by atoms with Crippen LogP contribution in [0.2, 0.25) is 4.34 Å². The molecule has 0 aliphatic carbocycles. The zero-order chi connectivity index (χ0) is 19.1. The summed E-state index contributed by atoms with van der Waals surface area (Å²) >= 11 is 6.87. The van der Waals surface area contributed by atoms with Gasteiger partial charge in [0.2, 0.25) is 11.8 Å². The molecule has 2 aliphatic heterocycles. The second-order valence-electron chi connectivity index (χ2n) is 6.97. The van der Waals surface area contributed by atoms with Crippen LogP contribution in [0.1, 0.15) is 20.3 Å². The van der Waals surface area contributed by atoms with Crippen LogP contribution in [-0.4, -0.2) is 73.1 Å². The Morgan fingerprint density at radius 2 is 1.96 bits per heavy atom. The molecule has 10 heteroatoms. The molecule has 0 aromatic carbocycles. The molecule has 7 nitrogen and oxygen atoms in total. The number of carbonyl (C=O) groups excluding carboxylic acids is 2. The van der Waals surface area contributed by atoms with E-state index in [-0.39, 0.29) is 48.1 Å². The number of thiophene rings is 1. The van der Waals surface area contributed by atoms with Gasteiger partial charge in [0.05, 0.1) is 10.9 Å². The van der Waals surface area contributed by atoms with Crippen LogP contribution in [0.5, 0.6) is 0 Å². The number of nitrogens with zero attached hydrogens (tertiary/aromatic N) is 3. The SMILES string of the molecule is CC(C)CN1CC(=O)N2CCN(S(=O)(=O)c3ccc(Cl)s3)CCC2C1=O. The number of piperazine rings is 1. The molecule has 1 aromatic heterocycles. The Bertz CT molecular complexity index is 808. The Morgan fingerprint density at radius 1 is 1.23 bits per heavy atom. The third-order valence-corrected chi connectivity index (χ3v) is 8.19. The first-order valence-corrected chi connectivity index (χ1v) is 11.2. The van der Waals surface area contributed by atoms with E-state index in [1.165, 1.54) is 15.3 Å². The van der Waals surface area contributed by atoms with Crippen molar-refractivity contribution in [1.82, 2.24) is 14.1 Å². The summed E-state index contributed by atoms with van der Waals surface area (Å²) < 4.78 is 27.6. The summed E-state index contributed by atoms with van der Waals surface area (Å²) in [4.78, 5) is 28.4. The molecule has 2 saturated heterocycles. The van der Waals surface area contributed by atoms with Gasteiger partial charge in [-0.1, -0.05) is 25.4 Å². The van der Waals surface area contributed by atoms with Crippen molar-refractivity contribution < 1.29 is 18.0 Å². The van der Waals surface area contributed by atoms with E-state index < -0.39 is 16.1 Å². The fourth-order valence-corrected chi connectivity index (χ4v) is 6.49. The maximum atomic E-state index is 12.8. The summed E-state index contributed by atoms with van der Waals surface area (Å²) in [6.07, 6.45) is 0.303. The predicted molar refractivity (Wildman–Crippen MR) is 99.6 cm³/mol. The van der Waals surface area contributed by atoms with Crippen molar-refractivity contribution in [3.8, 4) is 0 Å². The van der Waals surface area contributed by atoms with Crippen molar-refractivity contribution in [2.45, 2.75) is 30.5 Å². The van der Waals surface area contributed by atoms with Gasteiger partial charge >= 0.3 is 0 Å². The summed E-state index contributed by atoms with van der Waals surface area (Å²) in [5.74, 6) is 0.0647. The zero-order valence-electron chi connectivity index (χ0n) is 14.7. The molecule has 1 atom stereocenters. The highest BCUT2D eigenvalue weighted by Crippen LogP contribution is 2.29. The second kappa shape index (κ2) is 7.46. The van der Waals surface area contributed by atoms with Gasteiger partial charge in [0, 0.05) is 26.2 Å². The molecule has 1 unspecified atom stereocenters. The van der Waals surface area contributed by atoms with Crippen molar-refractivity contribution in [3.05, 3.63) is 16.5 Å². The Kier molecular flexibility index (Phi) is 5.62. The second-order valence-corrected chi connectivity index (χ2v) is 10.8. The number of hydrogen-bond donors (Lipinski definition) is 0. The van der Waals surface area contributed by atoms with E-state index in [1.54, 1.807) is 11.0 Å². The maximum Gasteiger partial charge on any atom is 0.252 e. The first kappa shape index (κ1) is 19.6. The van der Waals surface area contributed by atoms with E-state index >= 15 is 0 Å². The van der Waals surface area contributed by atoms with Gasteiger partial charge in [0.15, 0.2) is 0 Å². The van der Waals surface area contributed by atoms with Crippen LogP contribution >= 0.6 is 22.9 Å². The lowest BCUT2D eigenvalue weighted by atomic mass is 10.1. The van der Waals surface area contributed by atoms with Gasteiger partial charge in [-0.3, -0.25) is 9.59 Å². The minimum atomic E-state index is -3.67. The quantitative estimate of drug-likeness (QED) is 0.740. The van der Waals surface area contributed by atoms with Crippen LogP contribution in [-0.2, 0) is 19.6 Å². The van der Waals surface area contributed by atoms with E-state index in [1.807, 2.05) is 13.8 Å². The highest BCUT2D eigenvalue weighted by Gasteiger charge is 2.42. The molecule has 2 aliphatic rings. The fraction of sp³-hybridized carbons (Fsp3) is 0.625. The Morgan fingerprint density at radius 3 is 2.58 bits per heavy atom. The molecule has 0 N–H and O–H groups in total. The minimum Gasteiger partial charge on any atom is -0.331 e. The average Bonchev–Trinajstić information content (AvgIpc) is 2.87. The summed E-state index contributed by atoms with van der Waals surface area (Å²) in [7, 11) is -3.67. The van der Waals surface area contributed by atoms with Crippen molar-refractivity contribution in [3.63, 3.8) is 0 Å². The zero-order valence-corrected chi connectivity index (χ0v) is 17.1. The Labute approximate surface area is 162 Å². The van der Waals surface area contributed by atoms with Gasteiger partial charge < -0.3 is 9.80 Å². The number of halogens is 1. The van der Waals surface area contributed by atoms with E-state index in [0.717, 1.165) is 11.3 Å². The maximum absolute atomic E-state index is 12.8. The number of fused-ring (bicyclic) bond motifs is 1. The minimum absolute atomic E-state index is 0.0702. The normalized spacial score (nSPS) is 22.7. The number of amides is 2. The lowest BCUT2D eigenvalue weighted by molar-refractivity contribution is -0.156. The van der Waals surface area contributed by atoms with Crippen LogP contribution in [0.4, 0.5) is 0 Å². The van der Waals surface area contributed by atoms with Crippen LogP contribution < -0.4 is 0 Å². The number of carbonyl (C=O) groups is 2. The van der Waals surface area contributed by atoms with Gasteiger partial charge in [-0.2, -0.15) is 4.31 Å². The third-order valence-electron chi connectivity index (χ3n) is 4.59. The van der Waals surface area contributed by atoms with Crippen molar-refractivity contribution >= 4 is 44.8 Å². The van der Waals surface area contributed by atoms with Crippen LogP contribution in [0.3, 0.4) is 0 Å². The summed E-state index contributed by atoms with van der Waals surface area (Å²) in [6, 6.07) is 2.46. The van der Waals surface area contributed by atoms with E-state index in [9.17, 15) is 18.0 Å². The molecule has 3 heterocycles. The number of hydrogen-bond acceptors (Lipinski definition) is 5. The Balaban J connectivity index is 1.79. The van der Waals surface area contributed by atoms with Gasteiger partial charge in [0.25, 0.3) is 10.0 Å². The Hall–Kier alpha value is -1.16. The highest BCUT2D eigenvalue weighted by atomic mass is 35.5. The van der Waals surface area contributed by atoms with Gasteiger partial charge in [-0.15, -0.1) is 11.3 Å². The molecule has 2 fully saturated rings. The first-order chi connectivity index (χ1) is 12.2. The molecule has 2 amide bonds. The monoisotopic (exact) mass is 419 g/mol. The molecule has 26 heavy (non-hydrogen) atoms. The lowest BCUT2D eigenvalue weighted by Crippen LogP contribution is -2.60. The lowest BCUT2D eigenvalue weighted by Gasteiger charge is -2.39. The smallest absolute Gasteiger partial charge is 0.252 e. The van der Waals surface area contributed by atoms with Gasteiger partial charge in [0.1, 0.15) is 10.3 Å². The van der Waals surface area contributed by atoms with Gasteiger partial charge in [-0.25, -0.2) is 8.42 Å². The molecule has 0 bridgehead atoms. The van der Waals surface area contributed by atoms with E-state index in [2.05, 4.69) is 0 Å². The third kappa shape index (κ3) is 3.76.